The minimum absolute atomic E-state index is 0.524. The van der Waals surface area contributed by atoms with E-state index in [1.807, 2.05) is 0 Å². The van der Waals surface area contributed by atoms with E-state index in [9.17, 15) is 0 Å². The molecule has 0 aromatic rings. The summed E-state index contributed by atoms with van der Waals surface area (Å²) in [6.45, 7) is 10.7. The van der Waals surface area contributed by atoms with Crippen LogP contribution in [0, 0.1) is 11.3 Å². The summed E-state index contributed by atoms with van der Waals surface area (Å²) in [4.78, 5) is 0. The van der Waals surface area contributed by atoms with Gasteiger partial charge in [-0.1, -0.05) is 53.4 Å². The molecule has 0 aliphatic heterocycles. The Morgan fingerprint density at radius 3 is 2.56 bits per heavy atom. The van der Waals surface area contributed by atoms with Crippen LogP contribution in [0.2, 0.25) is 0 Å². The zero-order valence-corrected chi connectivity index (χ0v) is 11.8. The van der Waals surface area contributed by atoms with Gasteiger partial charge in [0.15, 0.2) is 0 Å². The molecule has 1 nitrogen and oxygen atoms in total. The first-order valence-corrected chi connectivity index (χ1v) is 7.26. The zero-order chi connectivity index (χ0) is 12.0. The van der Waals surface area contributed by atoms with Crippen molar-refractivity contribution in [2.75, 3.05) is 6.54 Å². The summed E-state index contributed by atoms with van der Waals surface area (Å²) in [5, 5.41) is 3.79. The van der Waals surface area contributed by atoms with Gasteiger partial charge in [-0.05, 0) is 37.1 Å². The van der Waals surface area contributed by atoms with Crippen molar-refractivity contribution in [3.8, 4) is 0 Å². The van der Waals surface area contributed by atoms with Gasteiger partial charge in [0.25, 0.3) is 0 Å². The minimum Gasteiger partial charge on any atom is -0.313 e. The maximum atomic E-state index is 3.79. The summed E-state index contributed by atoms with van der Waals surface area (Å²) in [5.41, 5.74) is 0.524. The standard InChI is InChI=1S/C15H31N/c1-13(2)9-6-8-12-16-14-10-5-7-11-15(14,3)4/h13-14,16H,5-12H2,1-4H3. The van der Waals surface area contributed by atoms with Gasteiger partial charge in [-0.3, -0.25) is 0 Å². The molecule has 0 amide bonds. The molecule has 1 aliphatic rings. The number of rotatable bonds is 6. The Kier molecular flexibility index (Phi) is 5.82. The van der Waals surface area contributed by atoms with Crippen molar-refractivity contribution in [1.29, 1.82) is 0 Å². The molecule has 0 aromatic carbocycles. The zero-order valence-electron chi connectivity index (χ0n) is 11.8. The SMILES string of the molecule is CC(C)CCCCNC1CCCCC1(C)C. The second-order valence-corrected chi connectivity index (χ2v) is 6.63. The van der Waals surface area contributed by atoms with Gasteiger partial charge in [0.05, 0.1) is 0 Å². The predicted octanol–water partition coefficient (Wildman–Crippen LogP) is 4.37. The van der Waals surface area contributed by atoms with Crippen LogP contribution in [0.5, 0.6) is 0 Å². The highest BCUT2D eigenvalue weighted by molar-refractivity contribution is 4.87. The Balaban J connectivity index is 2.11. The van der Waals surface area contributed by atoms with Gasteiger partial charge >= 0.3 is 0 Å². The van der Waals surface area contributed by atoms with Gasteiger partial charge in [0, 0.05) is 6.04 Å². The van der Waals surface area contributed by atoms with Crippen LogP contribution in [0.3, 0.4) is 0 Å². The van der Waals surface area contributed by atoms with Gasteiger partial charge in [-0.2, -0.15) is 0 Å². The Bertz CT molecular complexity index is 184. The first-order chi connectivity index (χ1) is 7.52. The van der Waals surface area contributed by atoms with Crippen molar-refractivity contribution >= 4 is 0 Å². The molecule has 1 atom stereocenters. The lowest BCUT2D eigenvalue weighted by Gasteiger charge is -2.39. The molecule has 1 saturated carbocycles. The Morgan fingerprint density at radius 1 is 1.19 bits per heavy atom. The van der Waals surface area contributed by atoms with Gasteiger partial charge in [0.1, 0.15) is 0 Å². The number of unbranched alkanes of at least 4 members (excludes halogenated alkanes) is 1. The summed E-state index contributed by atoms with van der Waals surface area (Å²) in [6.07, 6.45) is 9.76. The summed E-state index contributed by atoms with van der Waals surface area (Å²) in [7, 11) is 0. The van der Waals surface area contributed by atoms with E-state index in [0.717, 1.165) is 12.0 Å². The van der Waals surface area contributed by atoms with Crippen LogP contribution in [0.15, 0.2) is 0 Å². The van der Waals surface area contributed by atoms with Crippen LogP contribution in [0.1, 0.15) is 72.6 Å². The van der Waals surface area contributed by atoms with Crippen LogP contribution in [0.4, 0.5) is 0 Å². The molecule has 0 heterocycles. The highest BCUT2D eigenvalue weighted by atomic mass is 14.9. The Morgan fingerprint density at radius 2 is 1.94 bits per heavy atom. The molecule has 96 valence electrons. The van der Waals surface area contributed by atoms with Crippen molar-refractivity contribution in [1.82, 2.24) is 5.32 Å². The molecule has 1 N–H and O–H groups in total. The van der Waals surface area contributed by atoms with E-state index >= 15 is 0 Å². The molecule has 1 unspecified atom stereocenters. The van der Waals surface area contributed by atoms with Crippen LogP contribution < -0.4 is 5.32 Å². The third kappa shape index (κ3) is 4.86. The van der Waals surface area contributed by atoms with Crippen molar-refractivity contribution < 1.29 is 0 Å². The average molecular weight is 225 g/mol. The van der Waals surface area contributed by atoms with Crippen LogP contribution in [0.25, 0.3) is 0 Å². The fourth-order valence-electron chi connectivity index (χ4n) is 2.83. The van der Waals surface area contributed by atoms with Crippen LogP contribution in [-0.4, -0.2) is 12.6 Å². The summed E-state index contributed by atoms with van der Waals surface area (Å²) < 4.78 is 0. The third-order valence-corrected chi connectivity index (χ3v) is 4.11. The van der Waals surface area contributed by atoms with E-state index in [1.165, 1.54) is 51.5 Å². The number of hydrogen-bond donors (Lipinski definition) is 1. The molecule has 0 bridgehead atoms. The maximum Gasteiger partial charge on any atom is 0.0118 e. The predicted molar refractivity (Wildman–Crippen MR) is 72.7 cm³/mol. The van der Waals surface area contributed by atoms with E-state index < -0.39 is 0 Å². The molecule has 1 aliphatic carbocycles. The normalized spacial score (nSPS) is 24.9. The molecule has 0 aromatic heterocycles. The van der Waals surface area contributed by atoms with E-state index in [2.05, 4.69) is 33.0 Å². The second kappa shape index (κ2) is 6.64. The summed E-state index contributed by atoms with van der Waals surface area (Å²) >= 11 is 0. The maximum absolute atomic E-state index is 3.79. The molecule has 16 heavy (non-hydrogen) atoms. The van der Waals surface area contributed by atoms with Gasteiger partial charge in [0.2, 0.25) is 0 Å². The van der Waals surface area contributed by atoms with Crippen molar-refractivity contribution in [2.24, 2.45) is 11.3 Å². The number of hydrogen-bond acceptors (Lipinski definition) is 1. The van der Waals surface area contributed by atoms with E-state index in [1.54, 1.807) is 0 Å². The minimum atomic E-state index is 0.524. The van der Waals surface area contributed by atoms with Crippen LogP contribution >= 0.6 is 0 Å². The fraction of sp³-hybridized carbons (Fsp3) is 1.00. The van der Waals surface area contributed by atoms with E-state index in [-0.39, 0.29) is 0 Å². The van der Waals surface area contributed by atoms with Crippen molar-refractivity contribution in [3.05, 3.63) is 0 Å². The first-order valence-electron chi connectivity index (χ1n) is 7.26. The van der Waals surface area contributed by atoms with E-state index in [0.29, 0.717) is 5.41 Å². The summed E-state index contributed by atoms with van der Waals surface area (Å²) in [6, 6.07) is 0.764. The quantitative estimate of drug-likeness (QED) is 0.662. The highest BCUT2D eigenvalue weighted by Crippen LogP contribution is 2.35. The Hall–Kier alpha value is -0.0400. The number of nitrogens with one attached hydrogen (secondary N) is 1. The lowest BCUT2D eigenvalue weighted by atomic mass is 9.73. The van der Waals surface area contributed by atoms with Gasteiger partial charge in [-0.15, -0.1) is 0 Å². The molecular formula is C15H31N. The fourth-order valence-corrected chi connectivity index (χ4v) is 2.83. The lowest BCUT2D eigenvalue weighted by Crippen LogP contribution is -2.44. The molecule has 0 radical (unpaired) electrons. The monoisotopic (exact) mass is 225 g/mol. The van der Waals surface area contributed by atoms with Crippen LogP contribution in [-0.2, 0) is 0 Å². The van der Waals surface area contributed by atoms with Gasteiger partial charge < -0.3 is 5.32 Å². The largest absolute Gasteiger partial charge is 0.313 e. The third-order valence-electron chi connectivity index (χ3n) is 4.11. The van der Waals surface area contributed by atoms with E-state index in [4.69, 9.17) is 0 Å². The molecule has 0 saturated heterocycles. The van der Waals surface area contributed by atoms with Crippen molar-refractivity contribution in [3.63, 3.8) is 0 Å². The molecular weight excluding hydrogens is 194 g/mol. The van der Waals surface area contributed by atoms with Crippen molar-refractivity contribution in [2.45, 2.75) is 78.7 Å². The lowest BCUT2D eigenvalue weighted by molar-refractivity contribution is 0.167. The highest BCUT2D eigenvalue weighted by Gasteiger charge is 2.31. The summed E-state index contributed by atoms with van der Waals surface area (Å²) in [5.74, 6) is 0.867. The molecule has 1 fully saturated rings. The molecule has 1 rings (SSSR count). The second-order valence-electron chi connectivity index (χ2n) is 6.63. The average Bonchev–Trinajstić information content (AvgIpc) is 2.19. The first kappa shape index (κ1) is 14.0. The smallest absolute Gasteiger partial charge is 0.0118 e. The topological polar surface area (TPSA) is 12.0 Å². The van der Waals surface area contributed by atoms with Gasteiger partial charge in [-0.25, -0.2) is 0 Å². The molecule has 0 spiro atoms. The Labute approximate surface area is 102 Å². The molecule has 1 heteroatoms.